The highest BCUT2D eigenvalue weighted by Gasteiger charge is 2.17. The molecule has 2 heterocycles. The Morgan fingerprint density at radius 3 is 2.71 bits per heavy atom. The molecule has 0 aliphatic carbocycles. The number of morpholine rings is 1. The third-order valence-corrected chi connectivity index (χ3v) is 6.15. The minimum atomic E-state index is -0.110. The molecular formula is C22H30N4O4S. The van der Waals surface area contributed by atoms with Gasteiger partial charge in [-0.05, 0) is 5.56 Å². The lowest BCUT2D eigenvalue weighted by Crippen LogP contribution is -2.41. The quantitative estimate of drug-likeness (QED) is 0.431. The molecule has 2 aromatic rings. The van der Waals surface area contributed by atoms with Crippen LogP contribution in [0.2, 0.25) is 0 Å². The van der Waals surface area contributed by atoms with E-state index < -0.39 is 0 Å². The first-order chi connectivity index (χ1) is 15.1. The van der Waals surface area contributed by atoms with Gasteiger partial charge in [-0.3, -0.25) is 19.1 Å². The molecule has 1 amide bonds. The van der Waals surface area contributed by atoms with Crippen LogP contribution in [0.25, 0.3) is 0 Å². The zero-order valence-electron chi connectivity index (χ0n) is 18.1. The average molecular weight is 447 g/mol. The third-order valence-electron chi connectivity index (χ3n) is 5.12. The Morgan fingerprint density at radius 1 is 1.26 bits per heavy atom. The van der Waals surface area contributed by atoms with Crippen molar-refractivity contribution < 1.29 is 14.3 Å². The van der Waals surface area contributed by atoms with Gasteiger partial charge in [0.25, 0.3) is 5.56 Å². The molecule has 31 heavy (non-hydrogen) atoms. The summed E-state index contributed by atoms with van der Waals surface area (Å²) in [6.07, 6.45) is 0.492. The molecule has 9 heteroatoms. The van der Waals surface area contributed by atoms with Crippen LogP contribution in [0.1, 0.15) is 16.8 Å². The zero-order valence-corrected chi connectivity index (χ0v) is 19.0. The summed E-state index contributed by atoms with van der Waals surface area (Å²) in [6.45, 7) is 4.93. The highest BCUT2D eigenvalue weighted by Crippen LogP contribution is 2.17. The lowest BCUT2D eigenvalue weighted by Gasteiger charge is -2.26. The van der Waals surface area contributed by atoms with Crippen molar-refractivity contribution in [2.45, 2.75) is 18.2 Å². The van der Waals surface area contributed by atoms with E-state index in [0.29, 0.717) is 29.4 Å². The Labute approximate surface area is 186 Å². The predicted octanol–water partition coefficient (Wildman–Crippen LogP) is 1.06. The first kappa shape index (κ1) is 23.5. The fraction of sp³-hybridized carbons (Fsp3) is 0.500. The Balaban J connectivity index is 1.61. The third kappa shape index (κ3) is 6.90. The largest absolute Gasteiger partial charge is 0.379 e. The predicted molar refractivity (Wildman–Crippen MR) is 120 cm³/mol. The van der Waals surface area contributed by atoms with Gasteiger partial charge in [-0.15, -0.1) is 0 Å². The van der Waals surface area contributed by atoms with Crippen molar-refractivity contribution in [1.82, 2.24) is 19.8 Å². The van der Waals surface area contributed by atoms with Gasteiger partial charge in [-0.1, -0.05) is 42.1 Å². The standard InChI is InChI=1S/C22H30N4O4S/c1-25-21(28)18(14-17-6-4-3-5-7-17)19(15-29-2)24-22(25)31-16-20(27)23-8-9-26-10-12-30-13-11-26/h3-7H,8-16H2,1-2H3,(H,23,27). The van der Waals surface area contributed by atoms with Crippen LogP contribution in [0.5, 0.6) is 0 Å². The summed E-state index contributed by atoms with van der Waals surface area (Å²) in [5, 5.41) is 3.45. The van der Waals surface area contributed by atoms with Gasteiger partial charge in [-0.2, -0.15) is 0 Å². The normalized spacial score (nSPS) is 14.5. The second kappa shape index (κ2) is 12.0. The molecule has 0 atom stereocenters. The van der Waals surface area contributed by atoms with E-state index in [1.807, 2.05) is 30.3 Å². The first-order valence-corrected chi connectivity index (χ1v) is 11.4. The van der Waals surface area contributed by atoms with Crippen molar-refractivity contribution in [2.24, 2.45) is 7.05 Å². The second-order valence-corrected chi connectivity index (χ2v) is 8.31. The van der Waals surface area contributed by atoms with E-state index in [9.17, 15) is 9.59 Å². The molecule has 3 rings (SSSR count). The second-order valence-electron chi connectivity index (χ2n) is 7.37. The van der Waals surface area contributed by atoms with E-state index in [2.05, 4.69) is 15.2 Å². The van der Waals surface area contributed by atoms with Gasteiger partial charge in [0, 0.05) is 52.3 Å². The Morgan fingerprint density at radius 2 is 2.00 bits per heavy atom. The average Bonchev–Trinajstić information content (AvgIpc) is 2.79. The highest BCUT2D eigenvalue weighted by atomic mass is 32.2. The van der Waals surface area contributed by atoms with Crippen molar-refractivity contribution in [3.63, 3.8) is 0 Å². The van der Waals surface area contributed by atoms with Gasteiger partial charge in [0.2, 0.25) is 5.91 Å². The highest BCUT2D eigenvalue weighted by molar-refractivity contribution is 7.99. The van der Waals surface area contributed by atoms with Crippen molar-refractivity contribution in [1.29, 1.82) is 0 Å². The molecule has 0 unspecified atom stereocenters. The topological polar surface area (TPSA) is 85.7 Å². The molecule has 0 spiro atoms. The van der Waals surface area contributed by atoms with Gasteiger partial charge in [0.05, 0.1) is 31.3 Å². The Hall–Kier alpha value is -2.20. The lowest BCUT2D eigenvalue weighted by molar-refractivity contribution is -0.118. The number of carbonyl (C=O) groups excluding carboxylic acids is 1. The monoisotopic (exact) mass is 446 g/mol. The summed E-state index contributed by atoms with van der Waals surface area (Å²) in [7, 11) is 3.28. The molecule has 1 aromatic carbocycles. The molecule has 1 aliphatic heterocycles. The lowest BCUT2D eigenvalue weighted by atomic mass is 10.0. The number of aromatic nitrogens is 2. The maximum atomic E-state index is 13.0. The van der Waals surface area contributed by atoms with Crippen LogP contribution in [0, 0.1) is 0 Å². The number of hydrogen-bond acceptors (Lipinski definition) is 7. The zero-order chi connectivity index (χ0) is 22.1. The van der Waals surface area contributed by atoms with Gasteiger partial charge in [0.1, 0.15) is 0 Å². The molecule has 1 N–H and O–H groups in total. The number of amides is 1. The number of methoxy groups -OCH3 is 1. The molecule has 1 fully saturated rings. The van der Waals surface area contributed by atoms with Crippen molar-refractivity contribution >= 4 is 17.7 Å². The minimum absolute atomic E-state index is 0.0748. The van der Waals surface area contributed by atoms with Crippen molar-refractivity contribution in [3.8, 4) is 0 Å². The fourth-order valence-corrected chi connectivity index (χ4v) is 4.21. The molecule has 0 radical (unpaired) electrons. The van der Waals surface area contributed by atoms with E-state index in [1.54, 1.807) is 14.2 Å². The molecule has 0 saturated carbocycles. The SMILES string of the molecule is COCc1nc(SCC(=O)NCCN2CCOCC2)n(C)c(=O)c1Cc1ccccc1. The van der Waals surface area contributed by atoms with Gasteiger partial charge in [-0.25, -0.2) is 4.98 Å². The van der Waals surface area contributed by atoms with Crippen LogP contribution in [-0.2, 0) is 34.3 Å². The van der Waals surface area contributed by atoms with Crippen LogP contribution in [0.15, 0.2) is 40.3 Å². The van der Waals surface area contributed by atoms with E-state index in [0.717, 1.165) is 38.4 Å². The molecular weight excluding hydrogens is 416 g/mol. The van der Waals surface area contributed by atoms with E-state index >= 15 is 0 Å². The summed E-state index contributed by atoms with van der Waals surface area (Å²) < 4.78 is 12.1. The molecule has 1 aliphatic rings. The Kier molecular flexibility index (Phi) is 9.08. The van der Waals surface area contributed by atoms with E-state index in [4.69, 9.17) is 9.47 Å². The molecule has 168 valence electrons. The van der Waals surface area contributed by atoms with Crippen LogP contribution in [0.4, 0.5) is 0 Å². The number of rotatable bonds is 10. The number of benzene rings is 1. The van der Waals surface area contributed by atoms with Gasteiger partial charge in [0.15, 0.2) is 5.16 Å². The van der Waals surface area contributed by atoms with Crippen LogP contribution in [-0.4, -0.2) is 72.6 Å². The summed E-state index contributed by atoms with van der Waals surface area (Å²) in [4.78, 5) is 32.2. The summed E-state index contributed by atoms with van der Waals surface area (Å²) in [5.41, 5.74) is 2.17. The number of ether oxygens (including phenoxy) is 2. The van der Waals surface area contributed by atoms with E-state index in [-0.39, 0.29) is 23.8 Å². The number of carbonyl (C=O) groups is 1. The van der Waals surface area contributed by atoms with Crippen molar-refractivity contribution in [2.75, 3.05) is 52.3 Å². The molecule has 0 bridgehead atoms. The van der Waals surface area contributed by atoms with E-state index in [1.165, 1.54) is 16.3 Å². The molecule has 1 aromatic heterocycles. The smallest absolute Gasteiger partial charge is 0.257 e. The summed E-state index contributed by atoms with van der Waals surface area (Å²) in [5.74, 6) is 0.127. The number of nitrogens with zero attached hydrogens (tertiary/aromatic N) is 3. The fourth-order valence-electron chi connectivity index (χ4n) is 3.39. The van der Waals surface area contributed by atoms with Crippen LogP contribution < -0.4 is 10.9 Å². The number of nitrogens with one attached hydrogen (secondary N) is 1. The Bertz CT molecular complexity index is 914. The maximum Gasteiger partial charge on any atom is 0.257 e. The summed E-state index contributed by atoms with van der Waals surface area (Å²) >= 11 is 1.26. The maximum absolute atomic E-state index is 13.0. The molecule has 8 nitrogen and oxygen atoms in total. The van der Waals surface area contributed by atoms with Crippen molar-refractivity contribution in [3.05, 3.63) is 57.5 Å². The minimum Gasteiger partial charge on any atom is -0.379 e. The van der Waals surface area contributed by atoms with Gasteiger partial charge >= 0.3 is 0 Å². The summed E-state index contributed by atoms with van der Waals surface area (Å²) in [6, 6.07) is 9.82. The number of hydrogen-bond donors (Lipinski definition) is 1. The van der Waals surface area contributed by atoms with Gasteiger partial charge < -0.3 is 14.8 Å². The number of thioether (sulfide) groups is 1. The van der Waals surface area contributed by atoms with Crippen LogP contribution in [0.3, 0.4) is 0 Å². The molecule has 1 saturated heterocycles. The first-order valence-electron chi connectivity index (χ1n) is 10.4. The van der Waals surface area contributed by atoms with Crippen LogP contribution >= 0.6 is 11.8 Å².